The number of halogens is 1. The lowest BCUT2D eigenvalue weighted by molar-refractivity contribution is 0.312. The molecule has 2 heterocycles. The number of hydrogen-bond acceptors (Lipinski definition) is 5. The van der Waals surface area contributed by atoms with Crippen LogP contribution in [-0.2, 0) is 13.0 Å². The van der Waals surface area contributed by atoms with Crippen LogP contribution in [0, 0.1) is 0 Å². The number of para-hydroxylation sites is 1. The van der Waals surface area contributed by atoms with Gasteiger partial charge in [-0.25, -0.2) is 9.98 Å². The molecule has 0 amide bonds. The topological polar surface area (TPSA) is 65.0 Å². The van der Waals surface area contributed by atoms with E-state index in [2.05, 4.69) is 57.6 Å². The number of guanidine groups is 1. The van der Waals surface area contributed by atoms with Crippen LogP contribution >= 0.6 is 24.0 Å². The van der Waals surface area contributed by atoms with E-state index in [-0.39, 0.29) is 24.0 Å². The van der Waals surface area contributed by atoms with E-state index in [4.69, 9.17) is 9.73 Å². The summed E-state index contributed by atoms with van der Waals surface area (Å²) in [5, 5.41) is 6.72. The van der Waals surface area contributed by atoms with E-state index in [9.17, 15) is 0 Å². The maximum absolute atomic E-state index is 5.43. The van der Waals surface area contributed by atoms with Gasteiger partial charge in [0.05, 0.1) is 13.7 Å². The Morgan fingerprint density at radius 3 is 2.55 bits per heavy atom. The third-order valence-electron chi connectivity index (χ3n) is 5.28. The van der Waals surface area contributed by atoms with Crippen molar-refractivity contribution >= 4 is 35.8 Å². The average molecular weight is 538 g/mol. The van der Waals surface area contributed by atoms with E-state index in [1.54, 1.807) is 7.11 Å². The first-order valence-corrected chi connectivity index (χ1v) is 10.7. The molecule has 3 rings (SSSR count). The predicted molar refractivity (Wildman–Crippen MR) is 139 cm³/mol. The molecule has 0 atom stereocenters. The molecular formula is C23H35IN6O. The number of benzene rings is 1. The summed E-state index contributed by atoms with van der Waals surface area (Å²) in [6.07, 6.45) is 2.81. The minimum atomic E-state index is 0. The third-order valence-corrected chi connectivity index (χ3v) is 5.28. The molecule has 1 aromatic heterocycles. The van der Waals surface area contributed by atoms with Crippen molar-refractivity contribution in [3.63, 3.8) is 0 Å². The van der Waals surface area contributed by atoms with E-state index in [1.807, 2.05) is 24.4 Å². The number of pyridine rings is 1. The van der Waals surface area contributed by atoms with Gasteiger partial charge >= 0.3 is 0 Å². The Balaban J connectivity index is 0.00000341. The van der Waals surface area contributed by atoms with Crippen LogP contribution in [0.5, 0.6) is 5.75 Å². The highest BCUT2D eigenvalue weighted by atomic mass is 127. The van der Waals surface area contributed by atoms with Crippen molar-refractivity contribution in [1.82, 2.24) is 20.5 Å². The quantitative estimate of drug-likeness (QED) is 0.306. The molecule has 2 N–H and O–H groups in total. The highest BCUT2D eigenvalue weighted by Gasteiger charge is 2.14. The fraction of sp³-hybridized carbons (Fsp3) is 0.478. The Hall–Kier alpha value is -2.07. The lowest BCUT2D eigenvalue weighted by atomic mass is 10.1. The molecule has 7 nitrogen and oxygen atoms in total. The highest BCUT2D eigenvalue weighted by Crippen LogP contribution is 2.17. The number of anilines is 1. The Bertz CT molecular complexity index is 806. The minimum absolute atomic E-state index is 0. The lowest BCUT2D eigenvalue weighted by Gasteiger charge is -2.33. The summed E-state index contributed by atoms with van der Waals surface area (Å²) in [7, 11) is 3.87. The monoisotopic (exact) mass is 538 g/mol. The molecule has 0 aliphatic carbocycles. The molecular weight excluding hydrogens is 503 g/mol. The molecule has 0 radical (unpaired) electrons. The van der Waals surface area contributed by atoms with E-state index in [1.165, 1.54) is 5.56 Å². The van der Waals surface area contributed by atoms with Crippen LogP contribution in [0.1, 0.15) is 18.1 Å². The van der Waals surface area contributed by atoms with E-state index in [0.29, 0.717) is 6.54 Å². The standard InChI is InChI=1S/C23H34N6O.HI/c1-4-24-23(25-12-11-20-7-5-6-8-21(20)30-3)27-18-19-9-10-22(26-17-19)29-15-13-28(2)14-16-29;/h5-10,17H,4,11-16,18H2,1-3H3,(H2,24,25,27);1H. The number of piperazine rings is 1. The van der Waals surface area contributed by atoms with Crippen LogP contribution in [0.2, 0.25) is 0 Å². The number of rotatable bonds is 8. The molecule has 1 saturated heterocycles. The molecule has 0 saturated carbocycles. The molecule has 170 valence electrons. The van der Waals surface area contributed by atoms with E-state index < -0.39 is 0 Å². The van der Waals surface area contributed by atoms with Gasteiger partial charge < -0.3 is 25.2 Å². The molecule has 1 aliphatic rings. The summed E-state index contributed by atoms with van der Waals surface area (Å²) in [5.74, 6) is 2.79. The minimum Gasteiger partial charge on any atom is -0.496 e. The largest absolute Gasteiger partial charge is 0.496 e. The van der Waals surface area contributed by atoms with Crippen molar-refractivity contribution < 1.29 is 4.74 Å². The molecule has 1 fully saturated rings. The average Bonchev–Trinajstić information content (AvgIpc) is 2.79. The third kappa shape index (κ3) is 7.84. The first-order chi connectivity index (χ1) is 14.7. The zero-order valence-electron chi connectivity index (χ0n) is 18.8. The number of methoxy groups -OCH3 is 1. The summed E-state index contributed by atoms with van der Waals surface area (Å²) in [4.78, 5) is 14.1. The van der Waals surface area contributed by atoms with Crippen LogP contribution in [0.3, 0.4) is 0 Å². The molecule has 1 aliphatic heterocycles. The number of aromatic nitrogens is 1. The Labute approximate surface area is 203 Å². The maximum atomic E-state index is 5.43. The van der Waals surface area contributed by atoms with Crippen LogP contribution in [0.4, 0.5) is 5.82 Å². The van der Waals surface area contributed by atoms with Crippen molar-refractivity contribution in [2.75, 3.05) is 58.3 Å². The summed E-state index contributed by atoms with van der Waals surface area (Å²) in [6.45, 7) is 8.50. The Morgan fingerprint density at radius 1 is 1.10 bits per heavy atom. The summed E-state index contributed by atoms with van der Waals surface area (Å²) in [6, 6.07) is 12.4. The Morgan fingerprint density at radius 2 is 1.87 bits per heavy atom. The second-order valence-corrected chi connectivity index (χ2v) is 7.50. The van der Waals surface area contributed by atoms with Crippen LogP contribution < -0.4 is 20.3 Å². The van der Waals surface area contributed by atoms with Gasteiger partial charge in [-0.3, -0.25) is 0 Å². The van der Waals surface area contributed by atoms with Crippen molar-refractivity contribution in [2.24, 2.45) is 4.99 Å². The fourth-order valence-electron chi connectivity index (χ4n) is 3.47. The maximum Gasteiger partial charge on any atom is 0.191 e. The number of aliphatic imine (C=N–C) groups is 1. The molecule has 0 unspecified atom stereocenters. The van der Waals surface area contributed by atoms with E-state index in [0.717, 1.165) is 68.8 Å². The number of nitrogens with zero attached hydrogens (tertiary/aromatic N) is 4. The van der Waals surface area contributed by atoms with Crippen molar-refractivity contribution in [2.45, 2.75) is 19.9 Å². The van der Waals surface area contributed by atoms with Gasteiger partial charge in [-0.2, -0.15) is 0 Å². The van der Waals surface area contributed by atoms with Gasteiger partial charge in [0.1, 0.15) is 11.6 Å². The highest BCUT2D eigenvalue weighted by molar-refractivity contribution is 14.0. The second-order valence-electron chi connectivity index (χ2n) is 7.50. The molecule has 8 heteroatoms. The lowest BCUT2D eigenvalue weighted by Crippen LogP contribution is -2.44. The molecule has 0 bridgehead atoms. The number of hydrogen-bond donors (Lipinski definition) is 2. The van der Waals surface area contributed by atoms with Gasteiger partial charge in [0.2, 0.25) is 0 Å². The van der Waals surface area contributed by atoms with Gasteiger partial charge in [0.25, 0.3) is 0 Å². The first kappa shape index (κ1) is 25.2. The first-order valence-electron chi connectivity index (χ1n) is 10.7. The zero-order chi connectivity index (χ0) is 21.2. The van der Waals surface area contributed by atoms with Gasteiger partial charge in [-0.05, 0) is 43.7 Å². The molecule has 0 spiro atoms. The summed E-state index contributed by atoms with van der Waals surface area (Å²) < 4.78 is 5.43. The van der Waals surface area contributed by atoms with Crippen LogP contribution in [-0.4, -0.2) is 69.3 Å². The van der Waals surface area contributed by atoms with E-state index >= 15 is 0 Å². The second kappa shape index (κ2) is 13.4. The smallest absolute Gasteiger partial charge is 0.191 e. The van der Waals surface area contributed by atoms with Crippen molar-refractivity contribution in [1.29, 1.82) is 0 Å². The van der Waals surface area contributed by atoms with Crippen LogP contribution in [0.25, 0.3) is 0 Å². The predicted octanol–water partition coefficient (Wildman–Crippen LogP) is 2.76. The van der Waals surface area contributed by atoms with Crippen molar-refractivity contribution in [3.8, 4) is 5.75 Å². The molecule has 1 aromatic carbocycles. The SMILES string of the molecule is CCNC(=NCc1ccc(N2CCN(C)CC2)nc1)NCCc1ccccc1OC.I. The number of ether oxygens (including phenoxy) is 1. The Kier molecular flexibility index (Phi) is 10.9. The number of nitrogens with one attached hydrogen (secondary N) is 2. The zero-order valence-corrected chi connectivity index (χ0v) is 21.1. The van der Waals surface area contributed by atoms with Gasteiger partial charge in [0, 0.05) is 45.5 Å². The number of likely N-dealkylation sites (N-methyl/N-ethyl adjacent to an activating group) is 1. The van der Waals surface area contributed by atoms with Crippen LogP contribution in [0.15, 0.2) is 47.6 Å². The van der Waals surface area contributed by atoms with Gasteiger partial charge in [-0.15, -0.1) is 24.0 Å². The fourth-order valence-corrected chi connectivity index (χ4v) is 3.47. The van der Waals surface area contributed by atoms with Gasteiger partial charge in [-0.1, -0.05) is 24.3 Å². The molecule has 2 aromatic rings. The van der Waals surface area contributed by atoms with Gasteiger partial charge in [0.15, 0.2) is 5.96 Å². The summed E-state index contributed by atoms with van der Waals surface area (Å²) >= 11 is 0. The normalized spacial score (nSPS) is 14.7. The molecule has 31 heavy (non-hydrogen) atoms. The summed E-state index contributed by atoms with van der Waals surface area (Å²) in [5.41, 5.74) is 2.29. The van der Waals surface area contributed by atoms with Crippen molar-refractivity contribution in [3.05, 3.63) is 53.7 Å².